The van der Waals surface area contributed by atoms with E-state index < -0.39 is 35.0 Å². The van der Waals surface area contributed by atoms with Gasteiger partial charge in [-0.1, -0.05) is 6.07 Å². The second kappa shape index (κ2) is 13.8. The lowest BCUT2D eigenvalue weighted by Gasteiger charge is -2.36. The van der Waals surface area contributed by atoms with Crippen LogP contribution in [0.1, 0.15) is 28.4 Å². The molecule has 43 heavy (non-hydrogen) atoms. The number of carboxylic acid groups (broad SMARTS) is 1. The highest BCUT2D eigenvalue weighted by molar-refractivity contribution is 6.04. The molecule has 1 aliphatic heterocycles. The van der Waals surface area contributed by atoms with Crippen molar-refractivity contribution in [3.63, 3.8) is 0 Å². The summed E-state index contributed by atoms with van der Waals surface area (Å²) in [5.74, 6) is -1.68. The predicted molar refractivity (Wildman–Crippen MR) is 155 cm³/mol. The Kier molecular flexibility index (Phi) is 9.67. The number of anilines is 3. The molecule has 0 radical (unpaired) electrons. The molecule has 4 rings (SSSR count). The largest absolute Gasteiger partial charge is 0.481 e. The molecule has 0 spiro atoms. The van der Waals surface area contributed by atoms with Crippen LogP contribution < -0.4 is 20.9 Å². The number of piperazine rings is 1. The number of carbonyl (C=O) groups is 4. The molecule has 2 heterocycles. The molecule has 1 aliphatic rings. The number of non-ortho nitro benzene ring substituents is 1. The summed E-state index contributed by atoms with van der Waals surface area (Å²) < 4.78 is 4.79. The van der Waals surface area contributed by atoms with Crippen LogP contribution in [0.5, 0.6) is 0 Å². The Hall–Kier alpha value is -5.73. The number of urea groups is 1. The second-order valence-corrected chi connectivity index (χ2v) is 9.47. The summed E-state index contributed by atoms with van der Waals surface area (Å²) in [6.45, 7) is 1.57. The fourth-order valence-corrected chi connectivity index (χ4v) is 4.51. The van der Waals surface area contributed by atoms with Crippen LogP contribution in [0.4, 0.5) is 32.3 Å². The first-order valence-corrected chi connectivity index (χ1v) is 13.1. The Bertz CT molecular complexity index is 1490. The smallest absolute Gasteiger partial charge is 0.409 e. The molecule has 1 saturated heterocycles. The number of ether oxygens (including phenoxy) is 1. The molecule has 3 aromatic rings. The van der Waals surface area contributed by atoms with Gasteiger partial charge < -0.3 is 35.6 Å². The molecule has 15 heteroatoms. The number of nitro benzene ring substituents is 1. The summed E-state index contributed by atoms with van der Waals surface area (Å²) in [7, 11) is 1.30. The molecular weight excluding hydrogens is 562 g/mol. The van der Waals surface area contributed by atoms with Crippen LogP contribution in [0, 0.1) is 10.1 Å². The minimum absolute atomic E-state index is 0.134. The van der Waals surface area contributed by atoms with E-state index in [1.54, 1.807) is 29.2 Å². The van der Waals surface area contributed by atoms with Gasteiger partial charge >= 0.3 is 18.1 Å². The third-order valence-electron chi connectivity index (χ3n) is 6.67. The van der Waals surface area contributed by atoms with E-state index in [2.05, 4.69) is 20.9 Å². The van der Waals surface area contributed by atoms with Crippen molar-refractivity contribution >= 4 is 46.8 Å². The summed E-state index contributed by atoms with van der Waals surface area (Å²) in [5.41, 5.74) is 1.69. The van der Waals surface area contributed by atoms with E-state index in [4.69, 9.17) is 4.74 Å². The predicted octanol–water partition coefficient (Wildman–Crippen LogP) is 3.47. The number of carbonyl (C=O) groups excluding carboxylic acids is 3. The van der Waals surface area contributed by atoms with Crippen molar-refractivity contribution in [1.29, 1.82) is 0 Å². The zero-order chi connectivity index (χ0) is 30.9. The third kappa shape index (κ3) is 7.93. The van der Waals surface area contributed by atoms with Gasteiger partial charge in [0.1, 0.15) is 0 Å². The SMILES string of the molecule is COC(=O)N1CCN(c2ccc(C(=O)NC(CC(=O)O)c3cccnc3)cc2NC(=O)Nc2ccc([N+](=O)[O-])cc2)CC1. The van der Waals surface area contributed by atoms with Crippen molar-refractivity contribution in [1.82, 2.24) is 15.2 Å². The average molecular weight is 592 g/mol. The van der Waals surface area contributed by atoms with Crippen LogP contribution in [0.3, 0.4) is 0 Å². The first-order chi connectivity index (χ1) is 20.6. The minimum atomic E-state index is -1.11. The summed E-state index contributed by atoms with van der Waals surface area (Å²) in [4.78, 5) is 67.5. The number of benzene rings is 2. The lowest BCUT2D eigenvalue weighted by atomic mass is 10.0. The number of nitro groups is 1. The van der Waals surface area contributed by atoms with Crippen LogP contribution in [0.15, 0.2) is 67.0 Å². The maximum absolute atomic E-state index is 13.3. The van der Waals surface area contributed by atoms with E-state index in [0.717, 1.165) is 0 Å². The molecule has 2 aromatic carbocycles. The molecule has 15 nitrogen and oxygen atoms in total. The molecule has 0 bridgehead atoms. The third-order valence-corrected chi connectivity index (χ3v) is 6.67. The van der Waals surface area contributed by atoms with E-state index >= 15 is 0 Å². The number of nitrogens with zero attached hydrogens (tertiary/aromatic N) is 4. The summed E-state index contributed by atoms with van der Waals surface area (Å²) in [5, 5.41) is 28.4. The Balaban J connectivity index is 1.57. The number of hydrogen-bond acceptors (Lipinski definition) is 9. The van der Waals surface area contributed by atoms with Crippen LogP contribution in [-0.4, -0.2) is 77.2 Å². The monoisotopic (exact) mass is 591 g/mol. The van der Waals surface area contributed by atoms with Gasteiger partial charge in [0.15, 0.2) is 0 Å². The number of aliphatic carboxylic acids is 1. The van der Waals surface area contributed by atoms with E-state index in [9.17, 15) is 34.4 Å². The molecule has 1 fully saturated rings. The van der Waals surface area contributed by atoms with Gasteiger partial charge in [0.25, 0.3) is 11.6 Å². The van der Waals surface area contributed by atoms with Crippen molar-refractivity contribution < 1.29 is 33.9 Å². The average Bonchev–Trinajstić information content (AvgIpc) is 3.00. The second-order valence-electron chi connectivity index (χ2n) is 9.47. The number of pyridine rings is 1. The van der Waals surface area contributed by atoms with Crippen LogP contribution >= 0.6 is 0 Å². The number of rotatable bonds is 9. The van der Waals surface area contributed by atoms with Gasteiger partial charge in [-0.05, 0) is 42.0 Å². The van der Waals surface area contributed by atoms with Gasteiger partial charge in [-0.2, -0.15) is 0 Å². The fraction of sp³-hybridized carbons (Fsp3) is 0.250. The number of methoxy groups -OCH3 is 1. The molecule has 1 atom stereocenters. The van der Waals surface area contributed by atoms with Gasteiger partial charge in [0.2, 0.25) is 0 Å². The van der Waals surface area contributed by atoms with Crippen molar-refractivity contribution in [2.75, 3.05) is 48.8 Å². The molecule has 1 aromatic heterocycles. The molecule has 1 unspecified atom stereocenters. The van der Waals surface area contributed by atoms with Crippen molar-refractivity contribution in [3.05, 3.63) is 88.2 Å². The maximum Gasteiger partial charge on any atom is 0.409 e. The van der Waals surface area contributed by atoms with Crippen LogP contribution in [-0.2, 0) is 9.53 Å². The number of carboxylic acids is 1. The highest BCUT2D eigenvalue weighted by Gasteiger charge is 2.25. The Morgan fingerprint density at radius 2 is 1.77 bits per heavy atom. The zero-order valence-electron chi connectivity index (χ0n) is 23.1. The maximum atomic E-state index is 13.3. The molecular formula is C28H29N7O8. The number of nitrogens with one attached hydrogen (secondary N) is 3. The standard InChI is InChI=1S/C28H29N7O8/c1-43-28(40)34-13-11-33(12-14-34)24-9-4-18(26(38)31-22(16-25(36)37)19-3-2-10-29-17-19)15-23(24)32-27(39)30-20-5-7-21(8-6-20)35(41)42/h2-10,15,17,22H,11-14,16H2,1H3,(H,31,38)(H,36,37)(H2,30,32,39). The minimum Gasteiger partial charge on any atom is -0.481 e. The molecule has 224 valence electrons. The topological polar surface area (TPSA) is 196 Å². The summed E-state index contributed by atoms with van der Waals surface area (Å²) in [6, 6.07) is 11.7. The van der Waals surface area contributed by atoms with Gasteiger partial charge in [0.05, 0.1) is 35.9 Å². The van der Waals surface area contributed by atoms with Gasteiger partial charge in [-0.25, -0.2) is 9.59 Å². The highest BCUT2D eigenvalue weighted by Crippen LogP contribution is 2.29. The van der Waals surface area contributed by atoms with E-state index in [1.807, 2.05) is 4.90 Å². The lowest BCUT2D eigenvalue weighted by molar-refractivity contribution is -0.384. The van der Waals surface area contributed by atoms with Crippen molar-refractivity contribution in [2.24, 2.45) is 0 Å². The summed E-state index contributed by atoms with van der Waals surface area (Å²) >= 11 is 0. The van der Waals surface area contributed by atoms with E-state index in [1.165, 1.54) is 49.8 Å². The first-order valence-electron chi connectivity index (χ1n) is 13.1. The quantitative estimate of drug-likeness (QED) is 0.211. The zero-order valence-corrected chi connectivity index (χ0v) is 23.1. The number of aromatic nitrogens is 1. The van der Waals surface area contributed by atoms with E-state index in [0.29, 0.717) is 43.1 Å². The van der Waals surface area contributed by atoms with Crippen molar-refractivity contribution in [2.45, 2.75) is 12.5 Å². The normalized spacial score (nSPS) is 13.4. The lowest BCUT2D eigenvalue weighted by Crippen LogP contribution is -2.49. The van der Waals surface area contributed by atoms with Crippen LogP contribution in [0.2, 0.25) is 0 Å². The van der Waals surface area contributed by atoms with Gasteiger partial charge in [-0.3, -0.25) is 24.7 Å². The molecule has 0 saturated carbocycles. The molecule has 0 aliphatic carbocycles. The van der Waals surface area contributed by atoms with E-state index in [-0.39, 0.29) is 23.4 Å². The Morgan fingerprint density at radius 1 is 1.05 bits per heavy atom. The highest BCUT2D eigenvalue weighted by atomic mass is 16.6. The number of amides is 4. The summed E-state index contributed by atoms with van der Waals surface area (Å²) in [6.07, 6.45) is 2.19. The van der Waals surface area contributed by atoms with Crippen LogP contribution in [0.25, 0.3) is 0 Å². The van der Waals surface area contributed by atoms with Gasteiger partial charge in [0, 0.05) is 62.0 Å². The van der Waals surface area contributed by atoms with Crippen molar-refractivity contribution in [3.8, 4) is 0 Å². The first kappa shape index (κ1) is 30.2. The number of hydrogen-bond donors (Lipinski definition) is 4. The Labute approximate surface area is 245 Å². The fourth-order valence-electron chi connectivity index (χ4n) is 4.51. The van der Waals surface area contributed by atoms with Gasteiger partial charge in [-0.15, -0.1) is 0 Å². The molecule has 4 amide bonds. The molecule has 4 N–H and O–H groups in total. The Morgan fingerprint density at radius 3 is 2.37 bits per heavy atom.